The third-order valence-corrected chi connectivity index (χ3v) is 6.12. The van der Waals surface area contributed by atoms with E-state index >= 15 is 0 Å². The lowest BCUT2D eigenvalue weighted by Gasteiger charge is -2.32. The fourth-order valence-corrected chi connectivity index (χ4v) is 4.61. The van der Waals surface area contributed by atoms with Gasteiger partial charge in [-0.05, 0) is 49.8 Å². The van der Waals surface area contributed by atoms with Crippen molar-refractivity contribution in [3.63, 3.8) is 0 Å². The summed E-state index contributed by atoms with van der Waals surface area (Å²) in [5, 5.41) is 5.37. The number of aldehydes is 1. The van der Waals surface area contributed by atoms with Gasteiger partial charge in [-0.1, -0.05) is 26.0 Å². The fourth-order valence-electron chi connectivity index (χ4n) is 3.62. The van der Waals surface area contributed by atoms with Crippen molar-refractivity contribution in [3.05, 3.63) is 29.8 Å². The Morgan fingerprint density at radius 2 is 1.81 bits per heavy atom. The molecular weight excluding hydrogens is 434 g/mol. The van der Waals surface area contributed by atoms with E-state index in [2.05, 4.69) is 15.4 Å². The Morgan fingerprint density at radius 3 is 2.38 bits per heavy atom. The van der Waals surface area contributed by atoms with Crippen molar-refractivity contribution in [3.8, 4) is 5.75 Å². The maximum Gasteiger partial charge on any atom is 0.243 e. The monoisotopic (exact) mass is 467 g/mol. The van der Waals surface area contributed by atoms with Crippen molar-refractivity contribution in [2.45, 2.75) is 64.1 Å². The summed E-state index contributed by atoms with van der Waals surface area (Å²) in [6.07, 6.45) is 3.56. The van der Waals surface area contributed by atoms with Gasteiger partial charge < -0.3 is 20.2 Å². The number of sulfonamides is 1. The van der Waals surface area contributed by atoms with Gasteiger partial charge in [0.2, 0.25) is 21.8 Å². The van der Waals surface area contributed by atoms with Crippen molar-refractivity contribution < 1.29 is 27.5 Å². The largest absolute Gasteiger partial charge is 0.494 e. The predicted octanol–water partition coefficient (Wildman–Crippen LogP) is 0.924. The van der Waals surface area contributed by atoms with E-state index < -0.39 is 39.5 Å². The molecule has 1 aromatic rings. The minimum atomic E-state index is -3.74. The maximum atomic E-state index is 13.3. The van der Waals surface area contributed by atoms with E-state index in [4.69, 9.17) is 4.74 Å². The number of amides is 2. The van der Waals surface area contributed by atoms with Crippen LogP contribution >= 0.6 is 0 Å². The SMILES string of the molecule is CC(C)[C@@H]1NC(=O)[C@@](C)(NS(C)(=O)=O)Cc2ccc(cc2)OCCCC[C@@H](C=O)NC1=O. The number of hydrogen-bond acceptors (Lipinski definition) is 6. The molecule has 32 heavy (non-hydrogen) atoms. The average molecular weight is 468 g/mol. The topological polar surface area (TPSA) is 131 Å². The van der Waals surface area contributed by atoms with Gasteiger partial charge in [-0.25, -0.2) is 8.42 Å². The molecule has 2 aliphatic heterocycles. The van der Waals surface area contributed by atoms with Gasteiger partial charge in [0.05, 0.1) is 18.9 Å². The summed E-state index contributed by atoms with van der Waals surface area (Å²) in [4.78, 5) is 37.6. The van der Waals surface area contributed by atoms with Gasteiger partial charge in [-0.15, -0.1) is 0 Å². The fraction of sp³-hybridized carbons (Fsp3) is 0.591. The lowest BCUT2D eigenvalue weighted by molar-refractivity contribution is -0.133. The van der Waals surface area contributed by atoms with E-state index in [1.165, 1.54) is 6.92 Å². The summed E-state index contributed by atoms with van der Waals surface area (Å²) in [5.74, 6) is -0.760. The molecule has 0 radical (unpaired) electrons. The third-order valence-electron chi connectivity index (χ3n) is 5.30. The highest BCUT2D eigenvalue weighted by Crippen LogP contribution is 2.20. The molecule has 2 bridgehead atoms. The van der Waals surface area contributed by atoms with E-state index in [1.54, 1.807) is 38.1 Å². The van der Waals surface area contributed by atoms with E-state index in [1.807, 2.05) is 0 Å². The van der Waals surface area contributed by atoms with Crippen molar-refractivity contribution in [1.82, 2.24) is 15.4 Å². The summed E-state index contributed by atoms with van der Waals surface area (Å²) in [5.41, 5.74) is -0.816. The Kier molecular flexibility index (Phi) is 8.80. The van der Waals surface area contributed by atoms with Crippen LogP contribution in [0.4, 0.5) is 0 Å². The van der Waals surface area contributed by atoms with Gasteiger partial charge in [0, 0.05) is 6.42 Å². The summed E-state index contributed by atoms with van der Waals surface area (Å²) >= 11 is 0. The molecule has 0 aliphatic carbocycles. The van der Waals surface area contributed by atoms with Crippen molar-refractivity contribution in [2.24, 2.45) is 5.92 Å². The van der Waals surface area contributed by atoms with Crippen LogP contribution in [-0.4, -0.2) is 57.0 Å². The molecular formula is C22H33N3O6S. The lowest BCUT2D eigenvalue weighted by atomic mass is 9.91. The zero-order chi connectivity index (χ0) is 23.9. The molecule has 2 aliphatic rings. The highest BCUT2D eigenvalue weighted by molar-refractivity contribution is 7.88. The molecule has 1 aromatic carbocycles. The number of benzene rings is 1. The molecule has 10 heteroatoms. The van der Waals surface area contributed by atoms with Crippen LogP contribution in [0.15, 0.2) is 24.3 Å². The smallest absolute Gasteiger partial charge is 0.243 e. The van der Waals surface area contributed by atoms with Crippen molar-refractivity contribution in [2.75, 3.05) is 12.9 Å². The molecule has 178 valence electrons. The Hall–Kier alpha value is -2.46. The average Bonchev–Trinajstić information content (AvgIpc) is 2.69. The first kappa shape index (κ1) is 25.8. The van der Waals surface area contributed by atoms with Crippen molar-refractivity contribution >= 4 is 28.1 Å². The molecule has 0 aromatic heterocycles. The first-order valence-electron chi connectivity index (χ1n) is 10.7. The lowest BCUT2D eigenvalue weighted by Crippen LogP contribution is -2.62. The number of carbonyl (C=O) groups is 3. The molecule has 0 unspecified atom stereocenters. The van der Waals surface area contributed by atoms with Gasteiger partial charge in [0.15, 0.2) is 0 Å². The predicted molar refractivity (Wildman–Crippen MR) is 121 cm³/mol. The first-order valence-corrected chi connectivity index (χ1v) is 12.6. The van der Waals surface area contributed by atoms with Crippen LogP contribution in [0.3, 0.4) is 0 Å². The number of ether oxygens (including phenoxy) is 1. The molecule has 0 fully saturated rings. The number of nitrogens with one attached hydrogen (secondary N) is 3. The number of rotatable bonds is 4. The number of carbonyl (C=O) groups excluding carboxylic acids is 3. The second-order valence-corrected chi connectivity index (χ2v) is 10.6. The Bertz CT molecular complexity index is 916. The second kappa shape index (κ2) is 10.9. The standard InChI is InChI=1S/C22H33N3O6S/c1-15(2)19-20(27)23-17(14-26)7-5-6-12-31-18-10-8-16(9-11-18)13-22(3,21(28)24-19)25-32(4,29)30/h8-11,14-15,17,19,25H,5-7,12-13H2,1-4H3,(H,23,27)(H,24,28)/t17-,19-,22-/m0/s1. The van der Waals surface area contributed by atoms with E-state index in [-0.39, 0.29) is 12.3 Å². The Labute approximate surface area is 189 Å². The normalized spacial score (nSPS) is 26.0. The molecule has 3 atom stereocenters. The summed E-state index contributed by atoms with van der Waals surface area (Å²) in [6.45, 7) is 5.47. The highest BCUT2D eigenvalue weighted by atomic mass is 32.2. The van der Waals surface area contributed by atoms with Crippen LogP contribution in [0.25, 0.3) is 0 Å². The first-order chi connectivity index (χ1) is 14.9. The number of fused-ring (bicyclic) bond motifs is 14. The molecule has 2 heterocycles. The van der Waals surface area contributed by atoms with Crippen LogP contribution < -0.4 is 20.1 Å². The highest BCUT2D eigenvalue weighted by Gasteiger charge is 2.39. The molecule has 3 N–H and O–H groups in total. The van der Waals surface area contributed by atoms with Crippen molar-refractivity contribution in [1.29, 1.82) is 0 Å². The quantitative estimate of drug-likeness (QED) is 0.565. The molecule has 0 saturated heterocycles. The second-order valence-electron chi connectivity index (χ2n) is 8.82. The maximum absolute atomic E-state index is 13.3. The third kappa shape index (κ3) is 7.59. The summed E-state index contributed by atoms with van der Waals surface area (Å²) < 4.78 is 32.2. The summed E-state index contributed by atoms with van der Waals surface area (Å²) in [6, 6.07) is 5.46. The Morgan fingerprint density at radius 1 is 1.16 bits per heavy atom. The summed E-state index contributed by atoms with van der Waals surface area (Å²) in [7, 11) is -3.74. The van der Waals surface area contributed by atoms with Crippen LogP contribution in [0.1, 0.15) is 45.6 Å². The molecule has 9 nitrogen and oxygen atoms in total. The van der Waals surface area contributed by atoms with Crippen LogP contribution in [0, 0.1) is 5.92 Å². The van der Waals surface area contributed by atoms with E-state index in [0.717, 1.165) is 11.8 Å². The van der Waals surface area contributed by atoms with Gasteiger partial charge in [-0.3, -0.25) is 9.59 Å². The molecule has 0 spiro atoms. The van der Waals surface area contributed by atoms with Crippen LogP contribution in [-0.2, 0) is 30.8 Å². The van der Waals surface area contributed by atoms with Crippen LogP contribution in [0.5, 0.6) is 5.75 Å². The Balaban J connectivity index is 2.42. The molecule has 0 saturated carbocycles. The minimum absolute atomic E-state index is 0.0651. The van der Waals surface area contributed by atoms with Gasteiger partial charge in [0.25, 0.3) is 0 Å². The van der Waals surface area contributed by atoms with Gasteiger partial charge in [-0.2, -0.15) is 4.72 Å². The van der Waals surface area contributed by atoms with Gasteiger partial charge in [0.1, 0.15) is 23.6 Å². The van der Waals surface area contributed by atoms with E-state index in [0.29, 0.717) is 37.9 Å². The zero-order valence-electron chi connectivity index (χ0n) is 19.0. The molecule has 3 rings (SSSR count). The molecule has 2 amide bonds. The number of hydrogen-bond donors (Lipinski definition) is 3. The van der Waals surface area contributed by atoms with Gasteiger partial charge >= 0.3 is 0 Å². The van der Waals surface area contributed by atoms with Crippen LogP contribution in [0.2, 0.25) is 0 Å². The van der Waals surface area contributed by atoms with E-state index in [9.17, 15) is 22.8 Å². The zero-order valence-corrected chi connectivity index (χ0v) is 19.8. The minimum Gasteiger partial charge on any atom is -0.494 e.